The number of nitrogens with zero attached hydrogens (tertiary/aromatic N) is 2. The van der Waals surface area contributed by atoms with Crippen LogP contribution < -0.4 is 5.32 Å². The van der Waals surface area contributed by atoms with Crippen molar-refractivity contribution >= 4 is 22.9 Å². The normalized spacial score (nSPS) is 26.5. The van der Waals surface area contributed by atoms with Gasteiger partial charge in [0.1, 0.15) is 11.2 Å². The summed E-state index contributed by atoms with van der Waals surface area (Å²) in [4.78, 5) is 28.9. The summed E-state index contributed by atoms with van der Waals surface area (Å²) in [6, 6.07) is 3.81. The van der Waals surface area contributed by atoms with E-state index in [9.17, 15) is 9.59 Å². The number of hydrogen-bond donors (Lipinski definition) is 1. The molecule has 170 valence electrons. The summed E-state index contributed by atoms with van der Waals surface area (Å²) >= 11 is 0. The molecule has 1 aliphatic heterocycles. The first-order valence-corrected chi connectivity index (χ1v) is 11.6. The van der Waals surface area contributed by atoms with Gasteiger partial charge in [0.2, 0.25) is 5.91 Å². The van der Waals surface area contributed by atoms with Gasteiger partial charge in [-0.05, 0) is 46.0 Å². The van der Waals surface area contributed by atoms with Crippen molar-refractivity contribution in [2.75, 3.05) is 13.2 Å². The van der Waals surface area contributed by atoms with Crippen LogP contribution in [0.15, 0.2) is 22.8 Å². The van der Waals surface area contributed by atoms with E-state index in [2.05, 4.69) is 12.2 Å². The monoisotopic (exact) mass is 429 g/mol. The number of amides is 2. The average Bonchev–Trinajstić information content (AvgIpc) is 3.31. The van der Waals surface area contributed by atoms with Gasteiger partial charge in [-0.1, -0.05) is 19.8 Å². The Morgan fingerprint density at radius 1 is 1.35 bits per heavy atom. The van der Waals surface area contributed by atoms with Crippen molar-refractivity contribution in [2.24, 2.45) is 5.92 Å². The maximum Gasteiger partial charge on any atom is 0.271 e. The minimum Gasteiger partial charge on any atom is -0.463 e. The first kappa shape index (κ1) is 21.9. The summed E-state index contributed by atoms with van der Waals surface area (Å²) in [7, 11) is 0. The fourth-order valence-electron chi connectivity index (χ4n) is 5.02. The number of furan rings is 1. The zero-order valence-corrected chi connectivity index (χ0v) is 19.1. The first-order valence-electron chi connectivity index (χ1n) is 11.6. The van der Waals surface area contributed by atoms with Crippen molar-refractivity contribution in [3.8, 4) is 0 Å². The second kappa shape index (κ2) is 8.69. The third-order valence-corrected chi connectivity index (χ3v) is 6.94. The van der Waals surface area contributed by atoms with Crippen molar-refractivity contribution in [2.45, 2.75) is 84.0 Å². The van der Waals surface area contributed by atoms with Crippen molar-refractivity contribution in [3.63, 3.8) is 0 Å². The van der Waals surface area contributed by atoms with E-state index in [0.29, 0.717) is 43.3 Å². The molecule has 7 nitrogen and oxygen atoms in total. The Balaban J connectivity index is 1.61. The van der Waals surface area contributed by atoms with Crippen LogP contribution in [0.25, 0.3) is 11.1 Å². The lowest BCUT2D eigenvalue weighted by atomic mass is 9.85. The van der Waals surface area contributed by atoms with Gasteiger partial charge >= 0.3 is 0 Å². The topological polar surface area (TPSA) is 76.7 Å². The SMILES string of the molecule is CC(C)OCCCN1C(=O)c2cc3occc3n2CC1(C)C(=O)NC1CCCCC1C. The van der Waals surface area contributed by atoms with Gasteiger partial charge in [0, 0.05) is 31.3 Å². The zero-order chi connectivity index (χ0) is 22.2. The molecular formula is C24H35N3O4. The van der Waals surface area contributed by atoms with E-state index < -0.39 is 5.54 Å². The average molecular weight is 430 g/mol. The third kappa shape index (κ3) is 4.12. The van der Waals surface area contributed by atoms with Gasteiger partial charge in [0.05, 0.1) is 24.4 Å². The van der Waals surface area contributed by atoms with Gasteiger partial charge < -0.3 is 23.9 Å². The molecule has 4 rings (SSSR count). The molecule has 2 aromatic rings. The fraction of sp³-hybridized carbons (Fsp3) is 0.667. The fourth-order valence-corrected chi connectivity index (χ4v) is 5.02. The van der Waals surface area contributed by atoms with Gasteiger partial charge in [-0.2, -0.15) is 0 Å². The summed E-state index contributed by atoms with van der Waals surface area (Å²) in [5.74, 6) is 0.258. The lowest BCUT2D eigenvalue weighted by Gasteiger charge is -2.45. The zero-order valence-electron chi connectivity index (χ0n) is 19.1. The summed E-state index contributed by atoms with van der Waals surface area (Å²) in [6.07, 6.45) is 6.94. The number of carbonyl (C=O) groups is 2. The van der Waals surface area contributed by atoms with Crippen LogP contribution in [0.2, 0.25) is 0 Å². The third-order valence-electron chi connectivity index (χ3n) is 6.94. The van der Waals surface area contributed by atoms with Crippen LogP contribution in [0, 0.1) is 5.92 Å². The maximum absolute atomic E-state index is 13.7. The highest BCUT2D eigenvalue weighted by molar-refractivity contribution is 6.02. The second-order valence-corrected chi connectivity index (χ2v) is 9.63. The summed E-state index contributed by atoms with van der Waals surface area (Å²) in [6.45, 7) is 9.54. The maximum atomic E-state index is 13.7. The molecule has 1 fully saturated rings. The van der Waals surface area contributed by atoms with E-state index in [0.717, 1.165) is 24.8 Å². The Hall–Kier alpha value is -2.28. The van der Waals surface area contributed by atoms with Crippen molar-refractivity contribution in [1.82, 2.24) is 14.8 Å². The lowest BCUT2D eigenvalue weighted by molar-refractivity contribution is -0.134. The van der Waals surface area contributed by atoms with E-state index in [1.165, 1.54) is 6.42 Å². The van der Waals surface area contributed by atoms with E-state index in [1.54, 1.807) is 17.2 Å². The van der Waals surface area contributed by atoms with Gasteiger partial charge in [0.15, 0.2) is 5.58 Å². The van der Waals surface area contributed by atoms with Crippen LogP contribution >= 0.6 is 0 Å². The molecule has 1 aliphatic carbocycles. The minimum absolute atomic E-state index is 0.0691. The molecule has 0 saturated heterocycles. The smallest absolute Gasteiger partial charge is 0.271 e. The van der Waals surface area contributed by atoms with E-state index in [4.69, 9.17) is 9.15 Å². The predicted octanol–water partition coefficient (Wildman–Crippen LogP) is 3.96. The quantitative estimate of drug-likeness (QED) is 0.676. The molecule has 2 aromatic heterocycles. The number of fused-ring (bicyclic) bond motifs is 3. The largest absolute Gasteiger partial charge is 0.463 e. The van der Waals surface area contributed by atoms with Gasteiger partial charge in [-0.3, -0.25) is 9.59 Å². The molecule has 7 heteroatoms. The number of nitrogens with one attached hydrogen (secondary N) is 1. The van der Waals surface area contributed by atoms with Gasteiger partial charge in [-0.25, -0.2) is 0 Å². The molecule has 2 aliphatic rings. The lowest BCUT2D eigenvalue weighted by Crippen LogP contribution is -2.65. The van der Waals surface area contributed by atoms with Crippen LogP contribution in [0.3, 0.4) is 0 Å². The van der Waals surface area contributed by atoms with E-state index in [1.807, 2.05) is 31.4 Å². The van der Waals surface area contributed by atoms with E-state index >= 15 is 0 Å². The number of ether oxygens (including phenoxy) is 1. The van der Waals surface area contributed by atoms with Gasteiger partial charge in [0.25, 0.3) is 5.91 Å². The summed E-state index contributed by atoms with van der Waals surface area (Å²) in [5, 5.41) is 3.30. The highest BCUT2D eigenvalue weighted by Crippen LogP contribution is 2.33. The van der Waals surface area contributed by atoms with Crippen LogP contribution in [-0.4, -0.2) is 52.1 Å². The molecule has 31 heavy (non-hydrogen) atoms. The Morgan fingerprint density at radius 3 is 2.87 bits per heavy atom. The number of hydrogen-bond acceptors (Lipinski definition) is 4. The van der Waals surface area contributed by atoms with Crippen LogP contribution in [0.5, 0.6) is 0 Å². The van der Waals surface area contributed by atoms with Crippen LogP contribution in [0.4, 0.5) is 0 Å². The number of carbonyl (C=O) groups excluding carboxylic acids is 2. The molecule has 0 aromatic carbocycles. The molecule has 0 bridgehead atoms. The van der Waals surface area contributed by atoms with Crippen molar-refractivity contribution in [1.29, 1.82) is 0 Å². The number of rotatable bonds is 7. The molecule has 1 N–H and O–H groups in total. The second-order valence-electron chi connectivity index (χ2n) is 9.63. The molecule has 0 radical (unpaired) electrons. The van der Waals surface area contributed by atoms with Crippen molar-refractivity contribution in [3.05, 3.63) is 24.1 Å². The first-order chi connectivity index (χ1) is 14.8. The molecule has 1 saturated carbocycles. The van der Waals surface area contributed by atoms with Crippen LogP contribution in [-0.2, 0) is 16.1 Å². The molecule has 0 spiro atoms. The molecular weight excluding hydrogens is 394 g/mol. The summed E-state index contributed by atoms with van der Waals surface area (Å²) < 4.78 is 13.1. The Kier molecular flexibility index (Phi) is 6.15. The van der Waals surface area contributed by atoms with Gasteiger partial charge in [-0.15, -0.1) is 0 Å². The summed E-state index contributed by atoms with van der Waals surface area (Å²) in [5.41, 5.74) is 1.14. The molecule has 3 unspecified atom stereocenters. The predicted molar refractivity (Wildman–Crippen MR) is 119 cm³/mol. The van der Waals surface area contributed by atoms with Crippen LogP contribution in [0.1, 0.15) is 70.3 Å². The van der Waals surface area contributed by atoms with Crippen molar-refractivity contribution < 1.29 is 18.7 Å². The standard InChI is InChI=1S/C24H35N3O4/c1-16(2)30-12-7-11-27-22(28)20-14-21-19(10-13-31-21)26(20)15-24(27,4)23(29)25-18-9-6-5-8-17(18)3/h10,13-14,16-18H,5-9,11-12,15H2,1-4H3,(H,25,29). The minimum atomic E-state index is -0.970. The number of aromatic nitrogens is 1. The molecule has 3 atom stereocenters. The Bertz CT molecular complexity index is 946. The van der Waals surface area contributed by atoms with E-state index in [-0.39, 0.29) is 24.0 Å². The highest BCUT2D eigenvalue weighted by atomic mass is 16.5. The molecule has 2 amide bonds. The Labute approximate surface area is 184 Å². The highest BCUT2D eigenvalue weighted by Gasteiger charge is 2.48. The molecule has 3 heterocycles. The Morgan fingerprint density at radius 2 is 2.13 bits per heavy atom.